The highest BCUT2D eigenvalue weighted by molar-refractivity contribution is 5.95. The number of aliphatic imine (C=N–C) groups is 1. The first-order chi connectivity index (χ1) is 6.69. The molecule has 0 saturated heterocycles. The van der Waals surface area contributed by atoms with Gasteiger partial charge in [-0.25, -0.2) is 4.68 Å². The summed E-state index contributed by atoms with van der Waals surface area (Å²) in [6.07, 6.45) is 1.79. The Morgan fingerprint density at radius 3 is 2.86 bits per heavy atom. The fourth-order valence-corrected chi connectivity index (χ4v) is 1.28. The SMILES string of the molecule is CCn1nccc1NC(=NC)C(C)C. The molecular formula is C10H18N4. The fourth-order valence-electron chi connectivity index (χ4n) is 1.28. The zero-order valence-electron chi connectivity index (χ0n) is 9.28. The molecule has 0 aromatic carbocycles. The maximum Gasteiger partial charge on any atom is 0.129 e. The molecule has 0 spiro atoms. The van der Waals surface area contributed by atoms with Crippen molar-refractivity contribution in [3.8, 4) is 0 Å². The monoisotopic (exact) mass is 194 g/mol. The highest BCUT2D eigenvalue weighted by Crippen LogP contribution is 2.08. The van der Waals surface area contributed by atoms with Crippen molar-refractivity contribution in [1.82, 2.24) is 9.78 Å². The summed E-state index contributed by atoms with van der Waals surface area (Å²) in [5.41, 5.74) is 0. The molecule has 4 nitrogen and oxygen atoms in total. The van der Waals surface area contributed by atoms with Gasteiger partial charge in [0.05, 0.1) is 6.20 Å². The standard InChI is InChI=1S/C10H18N4/c1-5-14-9(6-7-12-14)13-10(11-4)8(2)3/h6-8H,5H2,1-4H3,(H,11,13). The number of rotatable bonds is 3. The molecule has 0 aliphatic rings. The lowest BCUT2D eigenvalue weighted by Crippen LogP contribution is -2.20. The van der Waals surface area contributed by atoms with Crippen LogP contribution in [-0.4, -0.2) is 22.7 Å². The van der Waals surface area contributed by atoms with E-state index >= 15 is 0 Å². The second kappa shape index (κ2) is 4.79. The molecule has 1 heterocycles. The van der Waals surface area contributed by atoms with Gasteiger partial charge in [-0.05, 0) is 6.92 Å². The minimum atomic E-state index is 0.403. The summed E-state index contributed by atoms with van der Waals surface area (Å²) >= 11 is 0. The third-order valence-corrected chi connectivity index (χ3v) is 2.06. The maximum atomic E-state index is 4.20. The zero-order valence-corrected chi connectivity index (χ0v) is 9.28. The predicted octanol–water partition coefficient (Wildman–Crippen LogP) is 2.00. The van der Waals surface area contributed by atoms with Crippen LogP contribution in [0, 0.1) is 5.92 Å². The third-order valence-electron chi connectivity index (χ3n) is 2.06. The highest BCUT2D eigenvalue weighted by Gasteiger charge is 2.06. The van der Waals surface area contributed by atoms with Crippen LogP contribution in [0.4, 0.5) is 5.82 Å². The average Bonchev–Trinajstić information content (AvgIpc) is 2.60. The summed E-state index contributed by atoms with van der Waals surface area (Å²) in [5, 5.41) is 7.46. The lowest BCUT2D eigenvalue weighted by molar-refractivity contribution is 0.668. The summed E-state index contributed by atoms with van der Waals surface area (Å²) in [6.45, 7) is 7.16. The second-order valence-electron chi connectivity index (χ2n) is 3.42. The van der Waals surface area contributed by atoms with E-state index in [1.807, 2.05) is 10.7 Å². The van der Waals surface area contributed by atoms with Crippen LogP contribution in [0.3, 0.4) is 0 Å². The van der Waals surface area contributed by atoms with E-state index in [2.05, 4.69) is 36.2 Å². The van der Waals surface area contributed by atoms with Crippen molar-refractivity contribution in [2.24, 2.45) is 10.9 Å². The number of hydrogen-bond acceptors (Lipinski definition) is 2. The molecule has 1 N–H and O–H groups in total. The molecule has 78 valence electrons. The Labute approximate surface area is 85.0 Å². The maximum absolute atomic E-state index is 4.20. The average molecular weight is 194 g/mol. The van der Waals surface area contributed by atoms with Gasteiger partial charge in [-0.3, -0.25) is 4.99 Å². The molecular weight excluding hydrogens is 176 g/mol. The molecule has 0 unspecified atom stereocenters. The summed E-state index contributed by atoms with van der Waals surface area (Å²) in [7, 11) is 1.80. The van der Waals surface area contributed by atoms with Gasteiger partial charge in [0, 0.05) is 25.6 Å². The van der Waals surface area contributed by atoms with Crippen LogP contribution in [0.1, 0.15) is 20.8 Å². The Hall–Kier alpha value is -1.32. The summed E-state index contributed by atoms with van der Waals surface area (Å²) in [5.74, 6) is 2.39. The fraction of sp³-hybridized carbons (Fsp3) is 0.600. The molecule has 0 atom stereocenters. The minimum absolute atomic E-state index is 0.403. The molecule has 0 fully saturated rings. The highest BCUT2D eigenvalue weighted by atomic mass is 15.3. The number of nitrogens with one attached hydrogen (secondary N) is 1. The number of hydrogen-bond donors (Lipinski definition) is 1. The van der Waals surface area contributed by atoms with E-state index in [1.165, 1.54) is 0 Å². The van der Waals surface area contributed by atoms with Crippen molar-refractivity contribution >= 4 is 11.7 Å². The van der Waals surface area contributed by atoms with E-state index in [4.69, 9.17) is 0 Å². The van der Waals surface area contributed by atoms with E-state index in [9.17, 15) is 0 Å². The van der Waals surface area contributed by atoms with Gasteiger partial charge in [0.2, 0.25) is 0 Å². The van der Waals surface area contributed by atoms with Gasteiger partial charge in [-0.15, -0.1) is 0 Å². The molecule has 14 heavy (non-hydrogen) atoms. The summed E-state index contributed by atoms with van der Waals surface area (Å²) in [4.78, 5) is 4.20. The number of amidine groups is 1. The normalized spacial score (nSPS) is 12.2. The Morgan fingerprint density at radius 1 is 1.64 bits per heavy atom. The lowest BCUT2D eigenvalue weighted by Gasteiger charge is -2.12. The van der Waals surface area contributed by atoms with Gasteiger partial charge in [0.1, 0.15) is 11.7 Å². The predicted molar refractivity (Wildman–Crippen MR) is 59.7 cm³/mol. The zero-order chi connectivity index (χ0) is 10.6. The Balaban J connectivity index is 2.77. The molecule has 1 rings (SSSR count). The van der Waals surface area contributed by atoms with Gasteiger partial charge >= 0.3 is 0 Å². The van der Waals surface area contributed by atoms with Crippen LogP contribution < -0.4 is 5.32 Å². The van der Waals surface area contributed by atoms with Crippen molar-refractivity contribution in [3.05, 3.63) is 12.3 Å². The van der Waals surface area contributed by atoms with Crippen LogP contribution >= 0.6 is 0 Å². The van der Waals surface area contributed by atoms with Gasteiger partial charge < -0.3 is 5.32 Å². The van der Waals surface area contributed by atoms with E-state index in [0.717, 1.165) is 18.2 Å². The number of nitrogens with zero attached hydrogens (tertiary/aromatic N) is 3. The molecule has 1 aromatic rings. The molecule has 0 aliphatic carbocycles. The minimum Gasteiger partial charge on any atom is -0.329 e. The molecule has 0 amide bonds. The van der Waals surface area contributed by atoms with E-state index in [1.54, 1.807) is 13.2 Å². The van der Waals surface area contributed by atoms with E-state index in [-0.39, 0.29) is 0 Å². The van der Waals surface area contributed by atoms with Crippen LogP contribution in [0.15, 0.2) is 17.3 Å². The third kappa shape index (κ3) is 2.34. The summed E-state index contributed by atoms with van der Waals surface area (Å²) < 4.78 is 1.91. The Bertz CT molecular complexity index is 312. The number of aryl methyl sites for hydroxylation is 1. The molecule has 1 aromatic heterocycles. The number of aromatic nitrogens is 2. The topological polar surface area (TPSA) is 42.2 Å². The first kappa shape index (κ1) is 10.8. The van der Waals surface area contributed by atoms with Crippen molar-refractivity contribution in [2.75, 3.05) is 12.4 Å². The molecule has 0 saturated carbocycles. The second-order valence-corrected chi connectivity index (χ2v) is 3.42. The van der Waals surface area contributed by atoms with Crippen molar-refractivity contribution in [2.45, 2.75) is 27.3 Å². The van der Waals surface area contributed by atoms with Crippen LogP contribution in [0.5, 0.6) is 0 Å². The van der Waals surface area contributed by atoms with Gasteiger partial charge in [-0.2, -0.15) is 5.10 Å². The van der Waals surface area contributed by atoms with Crippen molar-refractivity contribution in [3.63, 3.8) is 0 Å². The quantitative estimate of drug-likeness (QED) is 0.590. The van der Waals surface area contributed by atoms with Gasteiger partial charge in [0.15, 0.2) is 0 Å². The Morgan fingerprint density at radius 2 is 2.36 bits per heavy atom. The molecule has 0 radical (unpaired) electrons. The van der Waals surface area contributed by atoms with Crippen molar-refractivity contribution in [1.29, 1.82) is 0 Å². The van der Waals surface area contributed by atoms with E-state index < -0.39 is 0 Å². The smallest absolute Gasteiger partial charge is 0.129 e. The Kier molecular flexibility index (Phi) is 3.68. The number of anilines is 1. The first-order valence-corrected chi connectivity index (χ1v) is 4.94. The van der Waals surface area contributed by atoms with E-state index in [0.29, 0.717) is 5.92 Å². The van der Waals surface area contributed by atoms with Crippen LogP contribution in [-0.2, 0) is 6.54 Å². The van der Waals surface area contributed by atoms with Crippen LogP contribution in [0.2, 0.25) is 0 Å². The molecule has 0 aliphatic heterocycles. The largest absolute Gasteiger partial charge is 0.329 e. The van der Waals surface area contributed by atoms with Gasteiger partial charge in [-0.1, -0.05) is 13.8 Å². The van der Waals surface area contributed by atoms with Crippen molar-refractivity contribution < 1.29 is 0 Å². The van der Waals surface area contributed by atoms with Crippen LogP contribution in [0.25, 0.3) is 0 Å². The van der Waals surface area contributed by atoms with Gasteiger partial charge in [0.25, 0.3) is 0 Å². The summed E-state index contributed by atoms with van der Waals surface area (Å²) in [6, 6.07) is 1.96. The first-order valence-electron chi connectivity index (χ1n) is 4.94. The molecule has 4 heteroatoms. The lowest BCUT2D eigenvalue weighted by atomic mass is 10.2. The molecule has 0 bridgehead atoms.